The van der Waals surface area contributed by atoms with Crippen molar-refractivity contribution < 1.29 is 4.74 Å². The lowest BCUT2D eigenvalue weighted by Gasteiger charge is -2.18. The van der Waals surface area contributed by atoms with Crippen LogP contribution >= 0.6 is 0 Å². The Bertz CT molecular complexity index is 190. The van der Waals surface area contributed by atoms with E-state index in [1.54, 1.807) is 0 Å². The Balaban J connectivity index is 3.69. The fourth-order valence-corrected chi connectivity index (χ4v) is 3.04. The molecule has 134 valence electrons. The smallest absolute Gasteiger partial charge is 0.0575 e. The maximum Gasteiger partial charge on any atom is 0.0575 e. The van der Waals surface area contributed by atoms with Crippen LogP contribution in [0.25, 0.3) is 0 Å². The Hall–Kier alpha value is -0.0400. The second-order valence-corrected chi connectivity index (χ2v) is 6.96. The molecule has 0 heterocycles. The lowest BCUT2D eigenvalue weighted by Crippen LogP contribution is -2.14. The summed E-state index contributed by atoms with van der Waals surface area (Å²) in [4.78, 5) is 0. The molecule has 1 unspecified atom stereocenters. The maximum atomic E-state index is 6.20. The average Bonchev–Trinajstić information content (AvgIpc) is 2.53. The van der Waals surface area contributed by atoms with Gasteiger partial charge in [-0.05, 0) is 19.3 Å². The molecule has 0 saturated carbocycles. The molecule has 0 N–H and O–H groups in total. The minimum Gasteiger partial charge on any atom is -0.378 e. The highest BCUT2D eigenvalue weighted by Crippen LogP contribution is 2.16. The first kappa shape index (κ1) is 22.0. The van der Waals surface area contributed by atoms with Gasteiger partial charge in [-0.1, -0.05) is 104 Å². The van der Waals surface area contributed by atoms with E-state index in [4.69, 9.17) is 4.74 Å². The van der Waals surface area contributed by atoms with Crippen molar-refractivity contribution in [3.05, 3.63) is 0 Å². The minimum atomic E-state index is 0.546. The lowest BCUT2D eigenvalue weighted by molar-refractivity contribution is 0.0358. The summed E-state index contributed by atoms with van der Waals surface area (Å²) in [6.45, 7) is 7.85. The van der Waals surface area contributed by atoms with Gasteiger partial charge in [-0.25, -0.2) is 0 Å². The number of hydrogen-bond acceptors (Lipinski definition) is 1. The second-order valence-electron chi connectivity index (χ2n) is 6.96. The molecule has 0 spiro atoms. The standard InChI is InChI=1S/C21H44O/c1-4-7-10-13-14-16-19-21(18-15-11-8-5-2)22-20-17-12-9-6-3/h21H,4-20H2,1-3H3. The summed E-state index contributed by atoms with van der Waals surface area (Å²) in [6, 6.07) is 0. The molecule has 0 saturated heterocycles. The molecule has 1 heteroatoms. The third-order valence-corrected chi connectivity index (χ3v) is 4.61. The summed E-state index contributed by atoms with van der Waals surface area (Å²) in [6.07, 6.45) is 22.3. The minimum absolute atomic E-state index is 0.546. The van der Waals surface area contributed by atoms with E-state index >= 15 is 0 Å². The zero-order valence-electron chi connectivity index (χ0n) is 16.0. The molecule has 0 rings (SSSR count). The van der Waals surface area contributed by atoms with E-state index < -0.39 is 0 Å². The first-order valence-corrected chi connectivity index (χ1v) is 10.5. The van der Waals surface area contributed by atoms with Crippen molar-refractivity contribution in [2.45, 2.75) is 130 Å². The van der Waals surface area contributed by atoms with Crippen LogP contribution in [0.3, 0.4) is 0 Å². The molecule has 0 aliphatic heterocycles. The van der Waals surface area contributed by atoms with E-state index in [1.807, 2.05) is 0 Å². The van der Waals surface area contributed by atoms with Gasteiger partial charge >= 0.3 is 0 Å². The first-order chi connectivity index (χ1) is 10.8. The second kappa shape index (κ2) is 19.0. The molecule has 0 radical (unpaired) electrons. The Kier molecular flexibility index (Phi) is 19.0. The van der Waals surface area contributed by atoms with E-state index in [0.717, 1.165) is 6.61 Å². The van der Waals surface area contributed by atoms with E-state index in [0.29, 0.717) is 6.10 Å². The summed E-state index contributed by atoms with van der Waals surface area (Å²) >= 11 is 0. The summed E-state index contributed by atoms with van der Waals surface area (Å²) in [5.74, 6) is 0. The molecule has 1 atom stereocenters. The molecule has 0 aromatic heterocycles. The van der Waals surface area contributed by atoms with Gasteiger partial charge in [0.1, 0.15) is 0 Å². The van der Waals surface area contributed by atoms with Gasteiger partial charge in [-0.2, -0.15) is 0 Å². The molecule has 22 heavy (non-hydrogen) atoms. The summed E-state index contributed by atoms with van der Waals surface area (Å²) in [5.41, 5.74) is 0. The molecular weight excluding hydrogens is 268 g/mol. The van der Waals surface area contributed by atoms with Crippen molar-refractivity contribution in [1.29, 1.82) is 0 Å². The van der Waals surface area contributed by atoms with Gasteiger partial charge in [0, 0.05) is 6.61 Å². The van der Waals surface area contributed by atoms with Crippen molar-refractivity contribution in [3.63, 3.8) is 0 Å². The molecule has 0 amide bonds. The number of hydrogen-bond donors (Lipinski definition) is 0. The SMILES string of the molecule is CCCCCCCCC(CCCCCC)OCCCCCC. The van der Waals surface area contributed by atoms with Gasteiger partial charge in [-0.15, -0.1) is 0 Å². The Morgan fingerprint density at radius 3 is 1.45 bits per heavy atom. The van der Waals surface area contributed by atoms with E-state index in [2.05, 4.69) is 20.8 Å². The predicted octanol–water partition coefficient (Wildman–Crippen LogP) is 7.67. The highest BCUT2D eigenvalue weighted by atomic mass is 16.5. The van der Waals surface area contributed by atoms with Gasteiger partial charge in [-0.3, -0.25) is 0 Å². The molecule has 0 fully saturated rings. The third-order valence-electron chi connectivity index (χ3n) is 4.61. The molecule has 0 aromatic rings. The zero-order valence-corrected chi connectivity index (χ0v) is 16.0. The van der Waals surface area contributed by atoms with Crippen LogP contribution in [0.2, 0.25) is 0 Å². The lowest BCUT2D eigenvalue weighted by atomic mass is 10.0. The van der Waals surface area contributed by atoms with Crippen molar-refractivity contribution in [1.82, 2.24) is 0 Å². The normalized spacial score (nSPS) is 12.7. The van der Waals surface area contributed by atoms with Gasteiger partial charge < -0.3 is 4.74 Å². The third kappa shape index (κ3) is 16.3. The highest BCUT2D eigenvalue weighted by molar-refractivity contribution is 4.60. The maximum absolute atomic E-state index is 6.20. The van der Waals surface area contributed by atoms with Crippen LogP contribution in [0.5, 0.6) is 0 Å². The number of rotatable bonds is 18. The highest BCUT2D eigenvalue weighted by Gasteiger charge is 2.08. The molecule has 0 aromatic carbocycles. The van der Waals surface area contributed by atoms with Crippen LogP contribution in [0.4, 0.5) is 0 Å². The summed E-state index contributed by atoms with van der Waals surface area (Å²) < 4.78 is 6.20. The molecule has 0 aliphatic carbocycles. The van der Waals surface area contributed by atoms with Crippen molar-refractivity contribution >= 4 is 0 Å². The average molecular weight is 313 g/mol. The predicted molar refractivity (Wildman–Crippen MR) is 101 cm³/mol. The Morgan fingerprint density at radius 2 is 0.909 bits per heavy atom. The van der Waals surface area contributed by atoms with Crippen LogP contribution in [-0.2, 0) is 4.74 Å². The number of unbranched alkanes of at least 4 members (excludes halogenated alkanes) is 11. The van der Waals surface area contributed by atoms with E-state index in [-0.39, 0.29) is 0 Å². The molecule has 0 aliphatic rings. The van der Waals surface area contributed by atoms with E-state index in [9.17, 15) is 0 Å². The monoisotopic (exact) mass is 312 g/mol. The fourth-order valence-electron chi connectivity index (χ4n) is 3.04. The van der Waals surface area contributed by atoms with Gasteiger partial charge in [0.25, 0.3) is 0 Å². The number of ether oxygens (including phenoxy) is 1. The van der Waals surface area contributed by atoms with Crippen LogP contribution < -0.4 is 0 Å². The van der Waals surface area contributed by atoms with E-state index in [1.165, 1.54) is 103 Å². The van der Waals surface area contributed by atoms with Crippen LogP contribution in [0.1, 0.15) is 124 Å². The van der Waals surface area contributed by atoms with Gasteiger partial charge in [0.05, 0.1) is 6.10 Å². The Morgan fingerprint density at radius 1 is 0.500 bits per heavy atom. The molecular formula is C21H44O. The zero-order chi connectivity index (χ0) is 16.3. The molecule has 1 nitrogen and oxygen atoms in total. The van der Waals surface area contributed by atoms with Crippen molar-refractivity contribution in [2.75, 3.05) is 6.61 Å². The fraction of sp³-hybridized carbons (Fsp3) is 1.00. The van der Waals surface area contributed by atoms with Crippen LogP contribution in [-0.4, -0.2) is 12.7 Å². The Labute approximate surface area is 141 Å². The largest absolute Gasteiger partial charge is 0.378 e. The van der Waals surface area contributed by atoms with Crippen molar-refractivity contribution in [2.24, 2.45) is 0 Å². The van der Waals surface area contributed by atoms with Crippen LogP contribution in [0, 0.1) is 0 Å². The summed E-state index contributed by atoms with van der Waals surface area (Å²) in [5, 5.41) is 0. The molecule has 0 bridgehead atoms. The van der Waals surface area contributed by atoms with Crippen LogP contribution in [0.15, 0.2) is 0 Å². The first-order valence-electron chi connectivity index (χ1n) is 10.5. The topological polar surface area (TPSA) is 9.23 Å². The van der Waals surface area contributed by atoms with Crippen molar-refractivity contribution in [3.8, 4) is 0 Å². The summed E-state index contributed by atoms with van der Waals surface area (Å²) in [7, 11) is 0. The van der Waals surface area contributed by atoms with Gasteiger partial charge in [0.2, 0.25) is 0 Å². The quantitative estimate of drug-likeness (QED) is 0.236. The van der Waals surface area contributed by atoms with Gasteiger partial charge in [0.15, 0.2) is 0 Å².